The van der Waals surface area contributed by atoms with Crippen LogP contribution in [0.2, 0.25) is 0 Å². The lowest BCUT2D eigenvalue weighted by molar-refractivity contribution is -0.144. The van der Waals surface area contributed by atoms with Crippen molar-refractivity contribution in [2.45, 2.75) is 19.9 Å². The summed E-state index contributed by atoms with van der Waals surface area (Å²) < 4.78 is 11.4. The van der Waals surface area contributed by atoms with Crippen LogP contribution >= 0.6 is 0 Å². The van der Waals surface area contributed by atoms with E-state index in [1.807, 2.05) is 6.92 Å². The summed E-state index contributed by atoms with van der Waals surface area (Å²) in [6, 6.07) is 3.34. The van der Waals surface area contributed by atoms with Crippen molar-refractivity contribution in [2.75, 3.05) is 12.3 Å². The summed E-state index contributed by atoms with van der Waals surface area (Å²) in [5, 5.41) is 4.14. The Hall–Kier alpha value is -2.57. The Morgan fingerprint density at radius 3 is 3.00 bits per heavy atom. The lowest BCUT2D eigenvalue weighted by Crippen LogP contribution is -2.16. The highest BCUT2D eigenvalue weighted by atomic mass is 16.5. The Labute approximate surface area is 115 Å². The van der Waals surface area contributed by atoms with Crippen LogP contribution < -0.4 is 5.73 Å². The maximum absolute atomic E-state index is 11.6. The van der Waals surface area contributed by atoms with E-state index in [0.717, 1.165) is 6.42 Å². The van der Waals surface area contributed by atoms with Crippen LogP contribution in [0.15, 0.2) is 22.8 Å². The number of aromatic nitrogens is 2. The van der Waals surface area contributed by atoms with Gasteiger partial charge in [-0.2, -0.15) is 5.10 Å². The molecule has 0 aromatic carbocycles. The molecule has 7 nitrogen and oxygen atoms in total. The summed E-state index contributed by atoms with van der Waals surface area (Å²) >= 11 is 0. The van der Waals surface area contributed by atoms with Crippen LogP contribution in [0.25, 0.3) is 11.5 Å². The number of esters is 1. The number of hydrogen-bond acceptors (Lipinski definition) is 6. The van der Waals surface area contributed by atoms with Crippen molar-refractivity contribution in [3.05, 3.63) is 24.0 Å². The summed E-state index contributed by atoms with van der Waals surface area (Å²) in [5.74, 6) is 0.0730. The van der Waals surface area contributed by atoms with Crippen LogP contribution in [0.3, 0.4) is 0 Å². The number of carbonyl (C=O) groups excluding carboxylic acids is 2. The Morgan fingerprint density at radius 1 is 1.60 bits per heavy atom. The minimum atomic E-state index is -0.454. The van der Waals surface area contributed by atoms with Crippen molar-refractivity contribution in [2.24, 2.45) is 0 Å². The molecule has 0 spiro atoms. The molecule has 0 aliphatic heterocycles. The molecule has 0 amide bonds. The van der Waals surface area contributed by atoms with Crippen LogP contribution in [-0.2, 0) is 16.1 Å². The van der Waals surface area contributed by atoms with Gasteiger partial charge in [-0.1, -0.05) is 6.92 Å². The molecule has 0 radical (unpaired) electrons. The first-order chi connectivity index (χ1) is 9.67. The third-order valence-corrected chi connectivity index (χ3v) is 2.65. The smallest absolute Gasteiger partial charge is 0.327 e. The monoisotopic (exact) mass is 277 g/mol. The minimum Gasteiger partial charge on any atom is -0.464 e. The zero-order chi connectivity index (χ0) is 14.5. The van der Waals surface area contributed by atoms with Gasteiger partial charge in [0.15, 0.2) is 12.0 Å². The Kier molecular flexibility index (Phi) is 4.19. The van der Waals surface area contributed by atoms with Crippen molar-refractivity contribution in [3.63, 3.8) is 0 Å². The fourth-order valence-corrected chi connectivity index (χ4v) is 1.70. The summed E-state index contributed by atoms with van der Waals surface area (Å²) in [5.41, 5.74) is 6.33. The van der Waals surface area contributed by atoms with Crippen LogP contribution in [0, 0.1) is 0 Å². The first-order valence-electron chi connectivity index (χ1n) is 6.18. The standard InChI is InChI=1S/C13H15N3O4/c1-2-5-20-11(18)7-16-13(14)9(8-17)12(15-16)10-4-3-6-19-10/h3-4,6,8H,2,5,7,14H2,1H3. The molecule has 2 N–H and O–H groups in total. The fraction of sp³-hybridized carbons (Fsp3) is 0.308. The van der Waals surface area contributed by atoms with Gasteiger partial charge < -0.3 is 14.9 Å². The van der Waals surface area contributed by atoms with E-state index in [0.29, 0.717) is 24.3 Å². The van der Waals surface area contributed by atoms with Gasteiger partial charge in [0.2, 0.25) is 0 Å². The number of furan rings is 1. The molecule has 0 saturated heterocycles. The highest BCUT2D eigenvalue weighted by Gasteiger charge is 2.20. The first-order valence-corrected chi connectivity index (χ1v) is 6.18. The topological polar surface area (TPSA) is 100 Å². The molecule has 20 heavy (non-hydrogen) atoms. The molecule has 2 aromatic heterocycles. The maximum atomic E-state index is 11.6. The van der Waals surface area contributed by atoms with E-state index in [4.69, 9.17) is 14.9 Å². The van der Waals surface area contributed by atoms with Crippen molar-refractivity contribution in [3.8, 4) is 11.5 Å². The minimum absolute atomic E-state index is 0.111. The number of carbonyl (C=O) groups is 2. The molecule has 106 valence electrons. The zero-order valence-corrected chi connectivity index (χ0v) is 11.0. The number of nitrogen functional groups attached to an aromatic ring is 1. The van der Waals surface area contributed by atoms with Crippen molar-refractivity contribution >= 4 is 18.1 Å². The molecule has 2 aromatic rings. The van der Waals surface area contributed by atoms with Crippen LogP contribution in [0.5, 0.6) is 0 Å². The molecule has 0 bridgehead atoms. The number of anilines is 1. The predicted molar refractivity (Wildman–Crippen MR) is 71.0 cm³/mol. The lowest BCUT2D eigenvalue weighted by atomic mass is 10.2. The van der Waals surface area contributed by atoms with E-state index in [9.17, 15) is 9.59 Å². The summed E-state index contributed by atoms with van der Waals surface area (Å²) in [7, 11) is 0. The third-order valence-electron chi connectivity index (χ3n) is 2.65. The average molecular weight is 277 g/mol. The van der Waals surface area contributed by atoms with E-state index in [-0.39, 0.29) is 17.9 Å². The summed E-state index contributed by atoms with van der Waals surface area (Å²) in [4.78, 5) is 22.7. The number of aldehydes is 1. The average Bonchev–Trinajstić information content (AvgIpc) is 3.05. The molecule has 2 rings (SSSR count). The molecule has 0 saturated carbocycles. The van der Waals surface area contributed by atoms with E-state index in [1.54, 1.807) is 12.1 Å². The molecule has 0 aliphatic carbocycles. The van der Waals surface area contributed by atoms with Crippen LogP contribution in [0.1, 0.15) is 23.7 Å². The zero-order valence-electron chi connectivity index (χ0n) is 11.0. The second-order valence-corrected chi connectivity index (χ2v) is 4.12. The molecule has 7 heteroatoms. The van der Waals surface area contributed by atoms with E-state index < -0.39 is 5.97 Å². The highest BCUT2D eigenvalue weighted by Crippen LogP contribution is 2.26. The second-order valence-electron chi connectivity index (χ2n) is 4.12. The van der Waals surface area contributed by atoms with Gasteiger partial charge in [0, 0.05) is 0 Å². The highest BCUT2D eigenvalue weighted by molar-refractivity contribution is 5.90. The van der Waals surface area contributed by atoms with Gasteiger partial charge in [-0.05, 0) is 18.6 Å². The maximum Gasteiger partial charge on any atom is 0.327 e. The lowest BCUT2D eigenvalue weighted by Gasteiger charge is -2.04. The number of rotatable bonds is 6. The number of nitrogens with two attached hydrogens (primary N) is 1. The molecule has 0 atom stereocenters. The molecule has 0 unspecified atom stereocenters. The van der Waals surface area contributed by atoms with Gasteiger partial charge >= 0.3 is 5.97 Å². The Balaban J connectivity index is 2.27. The van der Waals surface area contributed by atoms with Crippen molar-refractivity contribution in [1.29, 1.82) is 0 Å². The largest absolute Gasteiger partial charge is 0.464 e. The molecule has 2 heterocycles. The van der Waals surface area contributed by atoms with Gasteiger partial charge in [-0.3, -0.25) is 9.59 Å². The van der Waals surface area contributed by atoms with Gasteiger partial charge in [0.25, 0.3) is 0 Å². The fourth-order valence-electron chi connectivity index (χ4n) is 1.70. The van der Waals surface area contributed by atoms with E-state index >= 15 is 0 Å². The number of ether oxygens (including phenoxy) is 1. The van der Waals surface area contributed by atoms with Crippen molar-refractivity contribution in [1.82, 2.24) is 9.78 Å². The second kappa shape index (κ2) is 6.05. The van der Waals surface area contributed by atoms with Crippen LogP contribution in [-0.4, -0.2) is 28.6 Å². The van der Waals surface area contributed by atoms with Crippen molar-refractivity contribution < 1.29 is 18.7 Å². The normalized spacial score (nSPS) is 10.4. The summed E-state index contributed by atoms with van der Waals surface area (Å²) in [6.45, 7) is 2.09. The molecule has 0 fully saturated rings. The summed E-state index contributed by atoms with van der Waals surface area (Å²) in [6.07, 6.45) is 2.79. The molecule has 0 aliphatic rings. The third kappa shape index (κ3) is 2.71. The van der Waals surface area contributed by atoms with Gasteiger partial charge in [0.1, 0.15) is 18.1 Å². The number of hydrogen-bond donors (Lipinski definition) is 1. The predicted octanol–water partition coefficient (Wildman–Crippen LogP) is 1.49. The number of nitrogens with zero attached hydrogens (tertiary/aromatic N) is 2. The van der Waals surface area contributed by atoms with Gasteiger partial charge in [-0.25, -0.2) is 4.68 Å². The van der Waals surface area contributed by atoms with E-state index in [2.05, 4.69) is 5.10 Å². The first kappa shape index (κ1) is 13.9. The van der Waals surface area contributed by atoms with E-state index in [1.165, 1.54) is 10.9 Å². The SMILES string of the molecule is CCCOC(=O)Cn1nc(-c2ccco2)c(C=O)c1N. The Bertz CT molecular complexity index is 601. The quantitative estimate of drug-likeness (QED) is 0.634. The Morgan fingerprint density at radius 2 is 2.40 bits per heavy atom. The molecular formula is C13H15N3O4. The van der Waals surface area contributed by atoms with Gasteiger partial charge in [-0.15, -0.1) is 0 Å². The van der Waals surface area contributed by atoms with Gasteiger partial charge in [0.05, 0.1) is 18.4 Å². The van der Waals surface area contributed by atoms with Crippen LogP contribution in [0.4, 0.5) is 5.82 Å². The molecular weight excluding hydrogens is 262 g/mol.